The first-order valence-corrected chi connectivity index (χ1v) is 15.6. The molecule has 0 amide bonds. The van der Waals surface area contributed by atoms with Crippen molar-refractivity contribution in [2.45, 2.75) is 0 Å². The van der Waals surface area contributed by atoms with Gasteiger partial charge in [0.15, 0.2) is 17.3 Å². The zero-order chi connectivity index (χ0) is 36.8. The number of carbonyl (C=O) groups excluding carboxylic acids is 3. The van der Waals surface area contributed by atoms with E-state index in [1.807, 2.05) is 18.2 Å². The molecule has 0 bridgehead atoms. The number of aromatic hydroxyl groups is 3. The Morgan fingerprint density at radius 2 is 0.608 bits per heavy atom. The summed E-state index contributed by atoms with van der Waals surface area (Å²) in [5, 5.41) is 29.3. The Hall–Kier alpha value is -6.87. The normalized spacial score (nSPS) is 9.94. The fourth-order valence-corrected chi connectivity index (χ4v) is 4.73. The van der Waals surface area contributed by atoms with Crippen molar-refractivity contribution >= 4 is 17.3 Å². The third kappa shape index (κ3) is 9.84. The SMILES string of the molecule is COc1ccc(C(=O)c2ccccc2)c(O)c1.COc1ccc(C(=O)c2ccccc2)c(O)c1.COc1ccc(C(=O)c2ccccc2)c(O)c1. The number of rotatable bonds is 9. The molecule has 0 radical (unpaired) electrons. The Bertz CT molecular complexity index is 1840. The van der Waals surface area contributed by atoms with E-state index in [0.29, 0.717) is 33.9 Å². The van der Waals surface area contributed by atoms with Crippen LogP contribution in [0.5, 0.6) is 34.5 Å². The molecule has 0 aliphatic rings. The van der Waals surface area contributed by atoms with Crippen molar-refractivity contribution < 1.29 is 43.9 Å². The Labute approximate surface area is 295 Å². The van der Waals surface area contributed by atoms with Crippen molar-refractivity contribution in [3.63, 3.8) is 0 Å². The van der Waals surface area contributed by atoms with Gasteiger partial charge in [0.1, 0.15) is 34.5 Å². The highest BCUT2D eigenvalue weighted by Crippen LogP contribution is 2.27. The van der Waals surface area contributed by atoms with Crippen LogP contribution in [-0.2, 0) is 0 Å². The van der Waals surface area contributed by atoms with Crippen molar-refractivity contribution in [2.24, 2.45) is 0 Å². The monoisotopic (exact) mass is 684 g/mol. The van der Waals surface area contributed by atoms with Gasteiger partial charge in [0.2, 0.25) is 0 Å². The largest absolute Gasteiger partial charge is 0.507 e. The fraction of sp³-hybridized carbons (Fsp3) is 0.0714. The summed E-state index contributed by atoms with van der Waals surface area (Å²) in [6, 6.07) is 40.4. The maximum Gasteiger partial charge on any atom is 0.196 e. The Kier molecular flexibility index (Phi) is 13.1. The predicted molar refractivity (Wildman–Crippen MR) is 194 cm³/mol. The van der Waals surface area contributed by atoms with E-state index in [9.17, 15) is 29.7 Å². The molecule has 9 heteroatoms. The molecule has 0 heterocycles. The van der Waals surface area contributed by atoms with Gasteiger partial charge in [-0.15, -0.1) is 0 Å². The summed E-state index contributed by atoms with van der Waals surface area (Å²) in [4.78, 5) is 36.2. The lowest BCUT2D eigenvalue weighted by Gasteiger charge is -2.06. The van der Waals surface area contributed by atoms with Crippen molar-refractivity contribution in [3.8, 4) is 34.5 Å². The number of phenols is 3. The third-order valence-electron chi connectivity index (χ3n) is 7.46. The minimum atomic E-state index is -0.203. The smallest absolute Gasteiger partial charge is 0.196 e. The van der Waals surface area contributed by atoms with Crippen LogP contribution in [0, 0.1) is 0 Å². The molecule has 6 aromatic carbocycles. The quantitative estimate of drug-likeness (QED) is 0.130. The highest BCUT2D eigenvalue weighted by Gasteiger charge is 2.15. The van der Waals surface area contributed by atoms with Crippen molar-refractivity contribution in [1.82, 2.24) is 0 Å². The molecule has 0 aliphatic carbocycles. The lowest BCUT2D eigenvalue weighted by molar-refractivity contribution is 0.102. The number of hydrogen-bond acceptors (Lipinski definition) is 9. The van der Waals surface area contributed by atoms with E-state index >= 15 is 0 Å². The van der Waals surface area contributed by atoms with Gasteiger partial charge in [-0.25, -0.2) is 0 Å². The van der Waals surface area contributed by atoms with Crippen LogP contribution in [0.15, 0.2) is 146 Å². The van der Waals surface area contributed by atoms with Crippen molar-refractivity contribution in [3.05, 3.63) is 179 Å². The molecule has 0 aromatic heterocycles. The highest BCUT2D eigenvalue weighted by molar-refractivity contribution is 6.12. The number of ether oxygens (including phenoxy) is 3. The molecule has 0 saturated carbocycles. The summed E-state index contributed by atoms with van der Waals surface area (Å²) in [6.07, 6.45) is 0. The molecule has 9 nitrogen and oxygen atoms in total. The van der Waals surface area contributed by atoms with Gasteiger partial charge in [0.25, 0.3) is 0 Å². The van der Waals surface area contributed by atoms with E-state index in [2.05, 4.69) is 0 Å². The van der Waals surface area contributed by atoms with Gasteiger partial charge in [0, 0.05) is 34.9 Å². The first-order valence-electron chi connectivity index (χ1n) is 15.6. The van der Waals surface area contributed by atoms with Crippen LogP contribution in [0.25, 0.3) is 0 Å². The molecule has 6 aromatic rings. The molecule has 0 spiro atoms. The van der Waals surface area contributed by atoms with Crippen LogP contribution in [0.1, 0.15) is 47.8 Å². The van der Waals surface area contributed by atoms with Gasteiger partial charge >= 0.3 is 0 Å². The average Bonchev–Trinajstić information content (AvgIpc) is 3.18. The fourth-order valence-electron chi connectivity index (χ4n) is 4.73. The molecule has 6 rings (SSSR count). The van der Waals surface area contributed by atoms with Crippen LogP contribution in [0.4, 0.5) is 0 Å². The predicted octanol–water partition coefficient (Wildman–Crippen LogP) is 7.90. The summed E-state index contributed by atoms with van der Waals surface area (Å²) in [6.45, 7) is 0. The van der Waals surface area contributed by atoms with Crippen molar-refractivity contribution in [2.75, 3.05) is 21.3 Å². The van der Waals surface area contributed by atoms with Gasteiger partial charge in [-0.05, 0) is 36.4 Å². The maximum absolute atomic E-state index is 12.1. The Morgan fingerprint density at radius 1 is 0.373 bits per heavy atom. The van der Waals surface area contributed by atoms with Gasteiger partial charge in [0.05, 0.1) is 38.0 Å². The van der Waals surface area contributed by atoms with Gasteiger partial charge in [-0.3, -0.25) is 14.4 Å². The zero-order valence-corrected chi connectivity index (χ0v) is 28.1. The van der Waals surface area contributed by atoms with Crippen molar-refractivity contribution in [1.29, 1.82) is 0 Å². The van der Waals surface area contributed by atoms with Gasteiger partial charge in [-0.2, -0.15) is 0 Å². The first-order chi connectivity index (χ1) is 24.7. The van der Waals surface area contributed by atoms with Gasteiger partial charge in [-0.1, -0.05) is 91.0 Å². The van der Waals surface area contributed by atoms with Crippen LogP contribution in [-0.4, -0.2) is 54.0 Å². The van der Waals surface area contributed by atoms with Crippen LogP contribution >= 0.6 is 0 Å². The number of phenolic OH excluding ortho intramolecular Hbond substituents is 3. The number of ketones is 3. The molecule has 258 valence electrons. The van der Waals surface area contributed by atoms with Gasteiger partial charge < -0.3 is 29.5 Å². The number of methoxy groups -OCH3 is 3. The highest BCUT2D eigenvalue weighted by atomic mass is 16.5. The molecule has 0 aliphatic heterocycles. The minimum Gasteiger partial charge on any atom is -0.507 e. The van der Waals surface area contributed by atoms with E-state index < -0.39 is 0 Å². The second-order valence-corrected chi connectivity index (χ2v) is 10.7. The number of carbonyl (C=O) groups is 3. The molecule has 0 unspecified atom stereocenters. The summed E-state index contributed by atoms with van der Waals surface area (Å²) in [5.74, 6) is 0.739. The summed E-state index contributed by atoms with van der Waals surface area (Å²) in [7, 11) is 4.52. The van der Waals surface area contributed by atoms with E-state index in [0.717, 1.165) is 0 Å². The molecule has 3 N–H and O–H groups in total. The second-order valence-electron chi connectivity index (χ2n) is 10.7. The van der Waals surface area contributed by atoms with E-state index in [4.69, 9.17) is 14.2 Å². The molecule has 0 atom stereocenters. The van der Waals surface area contributed by atoms with Crippen LogP contribution in [0.2, 0.25) is 0 Å². The van der Waals surface area contributed by atoms with Crippen LogP contribution in [0.3, 0.4) is 0 Å². The van der Waals surface area contributed by atoms with E-state index in [-0.39, 0.29) is 51.3 Å². The number of benzene rings is 6. The minimum absolute atomic E-state index is 0.0711. The zero-order valence-electron chi connectivity index (χ0n) is 28.1. The molecular formula is C42H36O9. The van der Waals surface area contributed by atoms with E-state index in [1.165, 1.54) is 39.5 Å². The third-order valence-corrected chi connectivity index (χ3v) is 7.46. The maximum atomic E-state index is 12.1. The topological polar surface area (TPSA) is 140 Å². The molecule has 0 saturated heterocycles. The van der Waals surface area contributed by atoms with E-state index in [1.54, 1.807) is 109 Å². The molecular weight excluding hydrogens is 648 g/mol. The standard InChI is InChI=1S/3C14H12O3/c3*1-17-11-7-8-12(13(15)9-11)14(16)10-5-3-2-4-6-10/h3*2-9,15H,1H3. The summed E-state index contributed by atoms with van der Waals surface area (Å²) in [5.41, 5.74) is 2.47. The summed E-state index contributed by atoms with van der Waals surface area (Å²) >= 11 is 0. The molecule has 51 heavy (non-hydrogen) atoms. The first kappa shape index (κ1) is 37.0. The van der Waals surface area contributed by atoms with Crippen LogP contribution < -0.4 is 14.2 Å². The molecule has 0 fully saturated rings. The average molecular weight is 685 g/mol. The number of hydrogen-bond donors (Lipinski definition) is 3. The Balaban J connectivity index is 0.000000172. The Morgan fingerprint density at radius 3 is 0.804 bits per heavy atom. The lowest BCUT2D eigenvalue weighted by Crippen LogP contribution is -2.01. The second kappa shape index (κ2) is 18.0. The summed E-state index contributed by atoms with van der Waals surface area (Å²) < 4.78 is 14.9. The lowest BCUT2D eigenvalue weighted by atomic mass is 10.0.